The van der Waals surface area contributed by atoms with E-state index in [0.29, 0.717) is 0 Å². The zero-order valence-corrected chi connectivity index (χ0v) is 8.58. The van der Waals surface area contributed by atoms with Crippen LogP contribution in [0.3, 0.4) is 0 Å². The zero-order chi connectivity index (χ0) is 12.4. The minimum Gasteiger partial charge on any atom is -0.390 e. The highest BCUT2D eigenvalue weighted by Gasteiger charge is 2.32. The van der Waals surface area contributed by atoms with Crippen LogP contribution in [0.25, 0.3) is 0 Å². The summed E-state index contributed by atoms with van der Waals surface area (Å²) in [6.45, 7) is -1.38. The number of thioether (sulfide) groups is 1. The third-order valence-corrected chi connectivity index (χ3v) is 2.45. The minimum absolute atomic E-state index is 0.176. The maximum atomic E-state index is 12.9. The fraction of sp³-hybridized carbons (Fsp3) is 0.333. The molecule has 0 heterocycles. The Kier molecular flexibility index (Phi) is 3.80. The van der Waals surface area contributed by atoms with Crippen LogP contribution in [0.1, 0.15) is 5.56 Å². The predicted molar refractivity (Wildman–Crippen MR) is 49.3 cm³/mol. The molecule has 0 aliphatic rings. The van der Waals surface area contributed by atoms with Crippen LogP contribution in [0.2, 0.25) is 0 Å². The van der Waals surface area contributed by atoms with Gasteiger partial charge >= 0.3 is 5.51 Å². The lowest BCUT2D eigenvalue weighted by atomic mass is 10.1. The Balaban J connectivity index is 2.84. The molecule has 1 N–H and O–H groups in total. The second-order valence-corrected chi connectivity index (χ2v) is 4.07. The molecular weight excluding hydrogens is 251 g/mol. The predicted octanol–water partition coefficient (Wildman–Crippen LogP) is 3.38. The van der Waals surface area contributed by atoms with Gasteiger partial charge in [-0.25, -0.2) is 0 Å². The molecule has 0 aliphatic heterocycles. The average molecular weight is 258 g/mol. The number of halogens is 5. The van der Waals surface area contributed by atoms with Gasteiger partial charge in [0.25, 0.3) is 5.92 Å². The molecule has 0 saturated heterocycles. The van der Waals surface area contributed by atoms with Crippen LogP contribution in [-0.4, -0.2) is 17.2 Å². The Morgan fingerprint density at radius 1 is 1.00 bits per heavy atom. The summed E-state index contributed by atoms with van der Waals surface area (Å²) in [5, 5.41) is 8.37. The molecule has 0 fully saturated rings. The van der Waals surface area contributed by atoms with Crippen LogP contribution in [-0.2, 0) is 5.92 Å². The molecule has 1 aromatic carbocycles. The summed E-state index contributed by atoms with van der Waals surface area (Å²) in [4.78, 5) is -0.176. The van der Waals surface area contributed by atoms with Crippen LogP contribution >= 0.6 is 11.8 Å². The van der Waals surface area contributed by atoms with Crippen molar-refractivity contribution in [2.45, 2.75) is 16.3 Å². The highest BCUT2D eigenvalue weighted by molar-refractivity contribution is 8.00. The van der Waals surface area contributed by atoms with Gasteiger partial charge in [-0.2, -0.15) is 22.0 Å². The van der Waals surface area contributed by atoms with E-state index in [1.807, 2.05) is 0 Å². The second kappa shape index (κ2) is 4.58. The first-order chi connectivity index (χ1) is 7.24. The number of rotatable bonds is 3. The fourth-order valence-corrected chi connectivity index (χ4v) is 1.53. The number of hydrogen-bond donors (Lipinski definition) is 1. The van der Waals surface area contributed by atoms with Crippen molar-refractivity contribution in [3.8, 4) is 0 Å². The van der Waals surface area contributed by atoms with Crippen LogP contribution in [0.4, 0.5) is 22.0 Å². The third-order valence-electron chi connectivity index (χ3n) is 1.71. The Morgan fingerprint density at radius 2 is 1.50 bits per heavy atom. The number of alkyl halides is 5. The van der Waals surface area contributed by atoms with Gasteiger partial charge in [-0.1, -0.05) is 12.1 Å². The van der Waals surface area contributed by atoms with Crippen LogP contribution in [0, 0.1) is 0 Å². The minimum atomic E-state index is -4.44. The van der Waals surface area contributed by atoms with Crippen LogP contribution in [0.5, 0.6) is 0 Å². The molecule has 1 nitrogen and oxygen atoms in total. The fourth-order valence-electron chi connectivity index (χ4n) is 0.992. The topological polar surface area (TPSA) is 20.2 Å². The third kappa shape index (κ3) is 3.64. The van der Waals surface area contributed by atoms with Crippen molar-refractivity contribution in [2.24, 2.45) is 0 Å². The molecule has 1 aromatic rings. The highest BCUT2D eigenvalue weighted by atomic mass is 32.2. The van der Waals surface area contributed by atoms with Crippen LogP contribution in [0.15, 0.2) is 29.2 Å². The van der Waals surface area contributed by atoms with Crippen molar-refractivity contribution in [3.05, 3.63) is 29.8 Å². The summed E-state index contributed by atoms with van der Waals surface area (Å²) >= 11 is -0.380. The Hall–Kier alpha value is -0.820. The van der Waals surface area contributed by atoms with Gasteiger partial charge in [-0.15, -0.1) is 0 Å². The molecule has 0 saturated carbocycles. The summed E-state index contributed by atoms with van der Waals surface area (Å²) in [5.74, 6) is -3.43. The first-order valence-corrected chi connectivity index (χ1v) is 4.91. The maximum absolute atomic E-state index is 12.9. The molecular formula is C9H7F5OS. The first kappa shape index (κ1) is 13.2. The van der Waals surface area contributed by atoms with E-state index < -0.39 is 23.6 Å². The lowest BCUT2D eigenvalue weighted by Gasteiger charge is -2.13. The molecule has 0 radical (unpaired) electrons. The molecule has 0 unspecified atom stereocenters. The van der Waals surface area contributed by atoms with Gasteiger partial charge in [0, 0.05) is 10.5 Å². The lowest BCUT2D eigenvalue weighted by molar-refractivity contribution is -0.0556. The van der Waals surface area contributed by atoms with Crippen molar-refractivity contribution in [2.75, 3.05) is 6.61 Å². The molecule has 1 rings (SSSR count). The molecule has 16 heavy (non-hydrogen) atoms. The van der Waals surface area contributed by atoms with Gasteiger partial charge in [0.1, 0.15) is 6.61 Å². The molecule has 7 heteroatoms. The quantitative estimate of drug-likeness (QED) is 0.662. The van der Waals surface area contributed by atoms with Gasteiger partial charge in [0.05, 0.1) is 0 Å². The second-order valence-electron chi connectivity index (χ2n) is 2.93. The van der Waals surface area contributed by atoms with E-state index in [1.54, 1.807) is 0 Å². The van der Waals surface area contributed by atoms with E-state index in [2.05, 4.69) is 0 Å². The van der Waals surface area contributed by atoms with Crippen LogP contribution < -0.4 is 0 Å². The van der Waals surface area contributed by atoms with E-state index in [1.165, 1.54) is 0 Å². The van der Waals surface area contributed by atoms with E-state index >= 15 is 0 Å². The van der Waals surface area contributed by atoms with Crippen molar-refractivity contribution >= 4 is 11.8 Å². The first-order valence-electron chi connectivity index (χ1n) is 4.09. The molecule has 0 spiro atoms. The van der Waals surface area contributed by atoms with E-state index in [9.17, 15) is 22.0 Å². The summed E-state index contributed by atoms with van der Waals surface area (Å²) < 4.78 is 61.5. The number of aliphatic hydroxyl groups excluding tert-OH is 1. The van der Waals surface area contributed by atoms with Gasteiger partial charge in [0.2, 0.25) is 0 Å². The largest absolute Gasteiger partial charge is 0.446 e. The summed E-state index contributed by atoms with van der Waals surface area (Å²) in [7, 11) is 0. The Morgan fingerprint density at radius 3 is 1.88 bits per heavy atom. The molecule has 0 atom stereocenters. The number of hydrogen-bond acceptors (Lipinski definition) is 2. The van der Waals surface area contributed by atoms with E-state index in [-0.39, 0.29) is 16.7 Å². The van der Waals surface area contributed by atoms with E-state index in [4.69, 9.17) is 5.11 Å². The molecule has 0 bridgehead atoms. The van der Waals surface area contributed by atoms with E-state index in [0.717, 1.165) is 24.3 Å². The van der Waals surface area contributed by atoms with Crippen molar-refractivity contribution in [3.63, 3.8) is 0 Å². The summed E-state index contributed by atoms with van der Waals surface area (Å²) in [5.41, 5.74) is -4.96. The SMILES string of the molecule is OCC(F)(F)c1ccc(SC(F)(F)F)cc1. The van der Waals surface area contributed by atoms with Crippen molar-refractivity contribution in [1.29, 1.82) is 0 Å². The number of aliphatic hydroxyl groups is 1. The molecule has 0 amide bonds. The monoisotopic (exact) mass is 258 g/mol. The van der Waals surface area contributed by atoms with Gasteiger partial charge in [-0.05, 0) is 23.9 Å². The smallest absolute Gasteiger partial charge is 0.390 e. The highest BCUT2D eigenvalue weighted by Crippen LogP contribution is 2.37. The molecule has 90 valence electrons. The molecule has 0 aromatic heterocycles. The number of benzene rings is 1. The Bertz CT molecular complexity index is 346. The Labute approximate surface area is 92.3 Å². The normalized spacial score (nSPS) is 12.9. The molecule has 0 aliphatic carbocycles. The standard InChI is InChI=1S/C9H7F5OS/c10-8(11,5-15)6-1-3-7(4-2-6)16-9(12,13)14/h1-4,15H,5H2. The zero-order valence-electron chi connectivity index (χ0n) is 7.76. The van der Waals surface area contributed by atoms with Gasteiger partial charge in [-0.3, -0.25) is 0 Å². The maximum Gasteiger partial charge on any atom is 0.446 e. The van der Waals surface area contributed by atoms with Gasteiger partial charge in [0.15, 0.2) is 0 Å². The van der Waals surface area contributed by atoms with Crippen molar-refractivity contribution < 1.29 is 27.1 Å². The summed E-state index contributed by atoms with van der Waals surface area (Å²) in [6, 6.07) is 3.61. The summed E-state index contributed by atoms with van der Waals surface area (Å²) in [6.07, 6.45) is 0. The average Bonchev–Trinajstić information content (AvgIpc) is 2.16. The van der Waals surface area contributed by atoms with Crippen molar-refractivity contribution in [1.82, 2.24) is 0 Å². The lowest BCUT2D eigenvalue weighted by Crippen LogP contribution is -2.18. The van der Waals surface area contributed by atoms with Gasteiger partial charge < -0.3 is 5.11 Å².